The standard InChI is InChI=1S/C13H19FN2O2S/c1-3-16(4-2)9-5-6-11-10-12(14)7-8-13(11)19(15,17)18/h5-8,10H,3-4,9H2,1-2H3,(H2,15,17,18)/b6-5-. The number of hydrogen-bond acceptors (Lipinski definition) is 3. The number of halogens is 1. The zero-order valence-corrected chi connectivity index (χ0v) is 12.0. The van der Waals surface area contributed by atoms with E-state index < -0.39 is 15.8 Å². The summed E-state index contributed by atoms with van der Waals surface area (Å²) < 4.78 is 35.9. The van der Waals surface area contributed by atoms with Gasteiger partial charge < -0.3 is 4.90 Å². The molecule has 1 rings (SSSR count). The Kier molecular flexibility index (Phi) is 5.65. The van der Waals surface area contributed by atoms with Crippen LogP contribution in [0.4, 0.5) is 4.39 Å². The third-order valence-electron chi connectivity index (χ3n) is 2.83. The Labute approximate surface area is 113 Å². The number of nitrogens with zero attached hydrogens (tertiary/aromatic N) is 1. The summed E-state index contributed by atoms with van der Waals surface area (Å²) in [4.78, 5) is 2.08. The molecule has 0 saturated heterocycles. The Balaban J connectivity index is 3.00. The molecule has 0 saturated carbocycles. The molecular weight excluding hydrogens is 267 g/mol. The maximum Gasteiger partial charge on any atom is 0.238 e. The van der Waals surface area contributed by atoms with E-state index in [1.807, 2.05) is 13.8 Å². The topological polar surface area (TPSA) is 63.4 Å². The second-order valence-corrected chi connectivity index (χ2v) is 5.65. The molecule has 4 nitrogen and oxygen atoms in total. The average molecular weight is 286 g/mol. The van der Waals surface area contributed by atoms with Gasteiger partial charge in [-0.1, -0.05) is 26.0 Å². The van der Waals surface area contributed by atoms with E-state index in [1.54, 1.807) is 12.2 Å². The lowest BCUT2D eigenvalue weighted by molar-refractivity contribution is 0.338. The van der Waals surface area contributed by atoms with Gasteiger partial charge in [-0.15, -0.1) is 0 Å². The highest BCUT2D eigenvalue weighted by Crippen LogP contribution is 2.17. The molecule has 0 atom stereocenters. The number of benzene rings is 1. The number of sulfonamides is 1. The van der Waals surface area contributed by atoms with Gasteiger partial charge >= 0.3 is 0 Å². The van der Waals surface area contributed by atoms with Crippen molar-refractivity contribution in [2.75, 3.05) is 19.6 Å². The molecule has 0 unspecified atom stereocenters. The van der Waals surface area contributed by atoms with Crippen molar-refractivity contribution in [1.29, 1.82) is 0 Å². The Bertz CT molecular complexity index is 552. The Morgan fingerprint density at radius 3 is 2.47 bits per heavy atom. The molecule has 0 bridgehead atoms. The summed E-state index contributed by atoms with van der Waals surface area (Å²) in [7, 11) is -3.84. The lowest BCUT2D eigenvalue weighted by Gasteiger charge is -2.14. The van der Waals surface area contributed by atoms with E-state index in [4.69, 9.17) is 5.14 Å². The molecule has 0 heterocycles. The molecule has 0 spiro atoms. The first-order valence-electron chi connectivity index (χ1n) is 6.09. The lowest BCUT2D eigenvalue weighted by Crippen LogP contribution is -2.22. The van der Waals surface area contributed by atoms with Crippen molar-refractivity contribution in [2.45, 2.75) is 18.7 Å². The van der Waals surface area contributed by atoms with E-state index in [0.29, 0.717) is 6.54 Å². The first kappa shape index (κ1) is 15.8. The molecule has 0 radical (unpaired) electrons. The third-order valence-corrected chi connectivity index (χ3v) is 3.82. The third kappa shape index (κ3) is 4.74. The van der Waals surface area contributed by atoms with Crippen LogP contribution in [0.3, 0.4) is 0 Å². The number of primary sulfonamides is 1. The SMILES string of the molecule is CCN(CC)C/C=C\c1cc(F)ccc1S(N)(=O)=O. The molecule has 6 heteroatoms. The van der Waals surface area contributed by atoms with Gasteiger partial charge in [-0.3, -0.25) is 0 Å². The molecule has 1 aromatic carbocycles. The van der Waals surface area contributed by atoms with Crippen molar-refractivity contribution >= 4 is 16.1 Å². The van der Waals surface area contributed by atoms with E-state index in [1.165, 1.54) is 12.1 Å². The Hall–Kier alpha value is -1.24. The zero-order chi connectivity index (χ0) is 14.5. The van der Waals surface area contributed by atoms with Gasteiger partial charge in [0.1, 0.15) is 5.82 Å². The summed E-state index contributed by atoms with van der Waals surface area (Å²) in [6.07, 6.45) is 3.39. The second-order valence-electron chi connectivity index (χ2n) is 4.12. The van der Waals surface area contributed by atoms with Crippen molar-refractivity contribution in [2.24, 2.45) is 5.14 Å². The maximum atomic E-state index is 13.2. The van der Waals surface area contributed by atoms with Crippen LogP contribution in [0.2, 0.25) is 0 Å². The fraction of sp³-hybridized carbons (Fsp3) is 0.385. The van der Waals surface area contributed by atoms with Gasteiger partial charge in [0.2, 0.25) is 10.0 Å². The lowest BCUT2D eigenvalue weighted by atomic mass is 10.2. The first-order chi connectivity index (χ1) is 8.88. The second kappa shape index (κ2) is 6.79. The first-order valence-corrected chi connectivity index (χ1v) is 7.64. The minimum absolute atomic E-state index is 0.0651. The largest absolute Gasteiger partial charge is 0.300 e. The molecule has 1 aromatic rings. The van der Waals surface area contributed by atoms with Crippen LogP contribution in [0.1, 0.15) is 19.4 Å². The molecule has 0 aliphatic heterocycles. The van der Waals surface area contributed by atoms with Gasteiger partial charge in [0.15, 0.2) is 0 Å². The predicted octanol–water partition coefficient (Wildman–Crippen LogP) is 1.83. The molecule has 0 aliphatic rings. The summed E-state index contributed by atoms with van der Waals surface area (Å²) in [5, 5.41) is 5.10. The minimum atomic E-state index is -3.84. The van der Waals surface area contributed by atoms with E-state index in [0.717, 1.165) is 19.2 Å². The average Bonchev–Trinajstić information content (AvgIpc) is 2.33. The number of hydrogen-bond donors (Lipinski definition) is 1. The number of nitrogens with two attached hydrogens (primary N) is 1. The minimum Gasteiger partial charge on any atom is -0.300 e. The summed E-state index contributed by atoms with van der Waals surface area (Å²) in [6, 6.07) is 3.43. The van der Waals surface area contributed by atoms with Crippen LogP contribution in [0.25, 0.3) is 6.08 Å². The number of rotatable bonds is 6. The highest BCUT2D eigenvalue weighted by Gasteiger charge is 2.12. The van der Waals surface area contributed by atoms with Gasteiger partial charge in [0, 0.05) is 6.54 Å². The fourth-order valence-electron chi connectivity index (χ4n) is 1.72. The summed E-state index contributed by atoms with van der Waals surface area (Å²) in [6.45, 7) is 6.54. The summed E-state index contributed by atoms with van der Waals surface area (Å²) in [5.74, 6) is -0.491. The van der Waals surface area contributed by atoms with Crippen LogP contribution in [-0.4, -0.2) is 33.0 Å². The molecule has 19 heavy (non-hydrogen) atoms. The van der Waals surface area contributed by atoms with Gasteiger partial charge in [-0.05, 0) is 36.9 Å². The Morgan fingerprint density at radius 2 is 1.95 bits per heavy atom. The van der Waals surface area contributed by atoms with Gasteiger partial charge in [0.25, 0.3) is 0 Å². The highest BCUT2D eigenvalue weighted by molar-refractivity contribution is 7.89. The predicted molar refractivity (Wildman–Crippen MR) is 74.6 cm³/mol. The molecule has 0 aromatic heterocycles. The smallest absolute Gasteiger partial charge is 0.238 e. The molecule has 2 N–H and O–H groups in total. The van der Waals surface area contributed by atoms with Crippen LogP contribution in [0.5, 0.6) is 0 Å². The fourth-order valence-corrected chi connectivity index (χ4v) is 2.43. The molecular formula is C13H19FN2O2S. The highest BCUT2D eigenvalue weighted by atomic mass is 32.2. The van der Waals surface area contributed by atoms with Gasteiger partial charge in [0.05, 0.1) is 4.90 Å². The van der Waals surface area contributed by atoms with Crippen LogP contribution < -0.4 is 5.14 Å². The van der Waals surface area contributed by atoms with Crippen molar-refractivity contribution in [3.05, 3.63) is 35.7 Å². The van der Waals surface area contributed by atoms with Crippen molar-refractivity contribution in [1.82, 2.24) is 4.90 Å². The van der Waals surface area contributed by atoms with E-state index >= 15 is 0 Å². The van der Waals surface area contributed by atoms with Crippen molar-refractivity contribution in [3.63, 3.8) is 0 Å². The van der Waals surface area contributed by atoms with E-state index in [9.17, 15) is 12.8 Å². The maximum absolute atomic E-state index is 13.2. The Morgan fingerprint density at radius 1 is 1.32 bits per heavy atom. The molecule has 0 aliphatic carbocycles. The van der Waals surface area contributed by atoms with Crippen LogP contribution in [-0.2, 0) is 10.0 Å². The quantitative estimate of drug-likeness (QED) is 0.867. The normalized spacial score (nSPS) is 12.5. The van der Waals surface area contributed by atoms with Gasteiger partial charge in [-0.25, -0.2) is 17.9 Å². The number of likely N-dealkylation sites (N-methyl/N-ethyl adjacent to an activating group) is 1. The van der Waals surface area contributed by atoms with E-state index in [2.05, 4.69) is 4.90 Å². The molecule has 0 amide bonds. The summed E-state index contributed by atoms with van der Waals surface area (Å²) >= 11 is 0. The van der Waals surface area contributed by atoms with Crippen molar-refractivity contribution < 1.29 is 12.8 Å². The monoisotopic (exact) mass is 286 g/mol. The van der Waals surface area contributed by atoms with Crippen molar-refractivity contribution in [3.8, 4) is 0 Å². The van der Waals surface area contributed by atoms with Gasteiger partial charge in [-0.2, -0.15) is 0 Å². The van der Waals surface area contributed by atoms with Crippen LogP contribution in [0.15, 0.2) is 29.2 Å². The zero-order valence-electron chi connectivity index (χ0n) is 11.1. The van der Waals surface area contributed by atoms with E-state index in [-0.39, 0.29) is 10.5 Å². The van der Waals surface area contributed by atoms with Crippen LogP contribution in [0, 0.1) is 5.82 Å². The van der Waals surface area contributed by atoms with Crippen LogP contribution >= 0.6 is 0 Å². The summed E-state index contributed by atoms with van der Waals surface area (Å²) in [5.41, 5.74) is 0.273. The molecule has 106 valence electrons. The molecule has 0 fully saturated rings.